The Morgan fingerprint density at radius 2 is 1.70 bits per heavy atom. The topological polar surface area (TPSA) is 12.0 Å². The summed E-state index contributed by atoms with van der Waals surface area (Å²) in [5.41, 5.74) is 0. The first-order chi connectivity index (χ1) is 4.84. The number of nitrogens with one attached hydrogen (secondary N) is 1. The molecule has 2 heteroatoms. The summed E-state index contributed by atoms with van der Waals surface area (Å²) in [5, 5.41) is 3.68. The van der Waals surface area contributed by atoms with Crippen molar-refractivity contribution in [3.63, 3.8) is 0 Å². The van der Waals surface area contributed by atoms with Gasteiger partial charge in [-0.05, 0) is 25.7 Å². The second-order valence-electron chi connectivity index (χ2n) is 3.56. The molecule has 2 aliphatic heterocycles. The first-order valence-electron chi connectivity index (χ1n) is 4.25. The maximum absolute atomic E-state index is 3.68. The summed E-state index contributed by atoms with van der Waals surface area (Å²) in [6, 6.07) is 1.74. The van der Waals surface area contributed by atoms with Crippen molar-refractivity contribution in [2.45, 2.75) is 48.1 Å². The Morgan fingerprint density at radius 1 is 1.10 bits per heavy atom. The lowest BCUT2D eigenvalue weighted by Gasteiger charge is -2.38. The standard InChI is InChI=1S/C8H14IN/c9-6-4-7-2-1-3-8(5-6)10-7/h6-8,10H,1-5H2/t6?,7-,8+. The Balaban J connectivity index is 1.98. The summed E-state index contributed by atoms with van der Waals surface area (Å²) >= 11 is 2.60. The minimum atomic E-state index is 0.870. The Bertz CT molecular complexity index is 110. The predicted octanol–water partition coefficient (Wildman–Crippen LogP) is 2.09. The highest BCUT2D eigenvalue weighted by Gasteiger charge is 2.29. The van der Waals surface area contributed by atoms with Crippen LogP contribution in [-0.4, -0.2) is 16.0 Å². The van der Waals surface area contributed by atoms with Crippen LogP contribution in [0.4, 0.5) is 0 Å². The first kappa shape index (κ1) is 7.35. The van der Waals surface area contributed by atoms with Gasteiger partial charge in [-0.1, -0.05) is 29.0 Å². The largest absolute Gasteiger partial charge is 0.311 e. The Labute approximate surface area is 76.1 Å². The summed E-state index contributed by atoms with van der Waals surface area (Å²) in [6.07, 6.45) is 7.14. The molecule has 0 aromatic rings. The molecule has 2 fully saturated rings. The van der Waals surface area contributed by atoms with Crippen molar-refractivity contribution in [2.75, 3.05) is 0 Å². The van der Waals surface area contributed by atoms with E-state index in [4.69, 9.17) is 0 Å². The molecule has 58 valence electrons. The lowest BCUT2D eigenvalue weighted by molar-refractivity contribution is 0.253. The lowest BCUT2D eigenvalue weighted by atomic mass is 9.87. The molecule has 2 saturated heterocycles. The Kier molecular flexibility index (Phi) is 2.18. The average molecular weight is 251 g/mol. The molecule has 3 atom stereocenters. The maximum Gasteiger partial charge on any atom is 0.0139 e. The van der Waals surface area contributed by atoms with Crippen LogP contribution in [0.25, 0.3) is 0 Å². The van der Waals surface area contributed by atoms with Crippen LogP contribution in [0.2, 0.25) is 0 Å². The van der Waals surface area contributed by atoms with Crippen LogP contribution in [0, 0.1) is 0 Å². The Morgan fingerprint density at radius 3 is 2.30 bits per heavy atom. The van der Waals surface area contributed by atoms with E-state index < -0.39 is 0 Å². The van der Waals surface area contributed by atoms with E-state index in [-0.39, 0.29) is 0 Å². The molecule has 0 amide bonds. The van der Waals surface area contributed by atoms with Crippen LogP contribution < -0.4 is 5.32 Å². The van der Waals surface area contributed by atoms with E-state index in [9.17, 15) is 0 Å². The van der Waals surface area contributed by atoms with Gasteiger partial charge in [0.1, 0.15) is 0 Å². The van der Waals surface area contributed by atoms with Crippen molar-refractivity contribution in [1.29, 1.82) is 0 Å². The van der Waals surface area contributed by atoms with Gasteiger partial charge in [0.2, 0.25) is 0 Å². The van der Waals surface area contributed by atoms with E-state index in [1.54, 1.807) is 0 Å². The third kappa shape index (κ3) is 1.47. The number of hydrogen-bond acceptors (Lipinski definition) is 1. The smallest absolute Gasteiger partial charge is 0.0139 e. The van der Waals surface area contributed by atoms with Crippen LogP contribution in [0.15, 0.2) is 0 Å². The number of alkyl halides is 1. The first-order valence-corrected chi connectivity index (χ1v) is 5.49. The van der Waals surface area contributed by atoms with Crippen LogP contribution in [0.1, 0.15) is 32.1 Å². The number of piperidine rings is 2. The van der Waals surface area contributed by atoms with E-state index in [0.29, 0.717) is 0 Å². The molecule has 0 spiro atoms. The monoisotopic (exact) mass is 251 g/mol. The Hall–Kier alpha value is 0.690. The molecule has 0 aromatic carbocycles. The van der Waals surface area contributed by atoms with Crippen LogP contribution in [0.5, 0.6) is 0 Å². The average Bonchev–Trinajstić information content (AvgIpc) is 1.85. The molecule has 1 nitrogen and oxygen atoms in total. The van der Waals surface area contributed by atoms with Gasteiger partial charge in [-0.25, -0.2) is 0 Å². The van der Waals surface area contributed by atoms with Crippen molar-refractivity contribution in [3.8, 4) is 0 Å². The third-order valence-corrected chi connectivity index (χ3v) is 3.67. The van der Waals surface area contributed by atoms with E-state index in [2.05, 4.69) is 27.9 Å². The predicted molar refractivity (Wildman–Crippen MR) is 51.6 cm³/mol. The van der Waals surface area contributed by atoms with Gasteiger partial charge < -0.3 is 5.32 Å². The summed E-state index contributed by atoms with van der Waals surface area (Å²) in [4.78, 5) is 0. The fraction of sp³-hybridized carbons (Fsp3) is 1.00. The molecule has 10 heavy (non-hydrogen) atoms. The van der Waals surface area contributed by atoms with Gasteiger partial charge >= 0.3 is 0 Å². The molecular weight excluding hydrogens is 237 g/mol. The molecule has 2 bridgehead atoms. The second kappa shape index (κ2) is 2.97. The number of fused-ring (bicyclic) bond motifs is 2. The van der Waals surface area contributed by atoms with Crippen molar-refractivity contribution in [3.05, 3.63) is 0 Å². The van der Waals surface area contributed by atoms with E-state index >= 15 is 0 Å². The van der Waals surface area contributed by atoms with E-state index in [1.807, 2.05) is 0 Å². The summed E-state index contributed by atoms with van der Waals surface area (Å²) in [5.74, 6) is 0. The van der Waals surface area contributed by atoms with E-state index in [0.717, 1.165) is 16.0 Å². The van der Waals surface area contributed by atoms with Gasteiger partial charge in [0, 0.05) is 16.0 Å². The van der Waals surface area contributed by atoms with Gasteiger partial charge in [0.25, 0.3) is 0 Å². The molecule has 0 radical (unpaired) electrons. The zero-order valence-electron chi connectivity index (χ0n) is 6.15. The molecular formula is C8H14IN. The minimum absolute atomic E-state index is 0.870. The molecule has 1 N–H and O–H groups in total. The van der Waals surface area contributed by atoms with Gasteiger partial charge in [-0.15, -0.1) is 0 Å². The third-order valence-electron chi connectivity index (χ3n) is 2.66. The summed E-state index contributed by atoms with van der Waals surface area (Å²) in [6.45, 7) is 0. The van der Waals surface area contributed by atoms with Gasteiger partial charge in [0.05, 0.1) is 0 Å². The van der Waals surface area contributed by atoms with Crippen molar-refractivity contribution < 1.29 is 0 Å². The van der Waals surface area contributed by atoms with Crippen LogP contribution >= 0.6 is 22.6 Å². The zero-order valence-corrected chi connectivity index (χ0v) is 8.30. The molecule has 1 unspecified atom stereocenters. The molecule has 0 saturated carbocycles. The highest BCUT2D eigenvalue weighted by molar-refractivity contribution is 14.1. The molecule has 0 aliphatic carbocycles. The molecule has 2 rings (SSSR count). The summed E-state index contributed by atoms with van der Waals surface area (Å²) in [7, 11) is 0. The summed E-state index contributed by atoms with van der Waals surface area (Å²) < 4.78 is 0.953. The normalized spacial score (nSPS) is 47.1. The van der Waals surface area contributed by atoms with E-state index in [1.165, 1.54) is 32.1 Å². The maximum atomic E-state index is 3.68. The number of halogens is 1. The second-order valence-corrected chi connectivity index (χ2v) is 5.32. The molecule has 2 aliphatic rings. The zero-order chi connectivity index (χ0) is 6.97. The van der Waals surface area contributed by atoms with Crippen molar-refractivity contribution in [1.82, 2.24) is 5.32 Å². The number of hydrogen-bond donors (Lipinski definition) is 1. The molecule has 2 heterocycles. The minimum Gasteiger partial charge on any atom is -0.311 e. The molecule has 0 aromatic heterocycles. The van der Waals surface area contributed by atoms with Crippen molar-refractivity contribution >= 4 is 22.6 Å². The number of rotatable bonds is 0. The van der Waals surface area contributed by atoms with Crippen LogP contribution in [0.3, 0.4) is 0 Å². The van der Waals surface area contributed by atoms with Crippen LogP contribution in [-0.2, 0) is 0 Å². The SMILES string of the molecule is IC1C[C@H]2CCC[C@@H](C1)N2. The fourth-order valence-electron chi connectivity index (χ4n) is 2.20. The van der Waals surface area contributed by atoms with Gasteiger partial charge in [-0.2, -0.15) is 0 Å². The highest BCUT2D eigenvalue weighted by atomic mass is 127. The van der Waals surface area contributed by atoms with Gasteiger partial charge in [-0.3, -0.25) is 0 Å². The highest BCUT2D eigenvalue weighted by Crippen LogP contribution is 2.29. The van der Waals surface area contributed by atoms with Crippen molar-refractivity contribution in [2.24, 2.45) is 0 Å². The fourth-order valence-corrected chi connectivity index (χ4v) is 3.42. The lowest BCUT2D eigenvalue weighted by Crippen LogP contribution is -2.48. The quantitative estimate of drug-likeness (QED) is 0.513. The van der Waals surface area contributed by atoms with Gasteiger partial charge in [0.15, 0.2) is 0 Å².